The van der Waals surface area contributed by atoms with E-state index in [2.05, 4.69) is 10.4 Å². The third-order valence-electron chi connectivity index (χ3n) is 7.13. The molecular formula is C27H28F3N5O2. The van der Waals surface area contributed by atoms with E-state index in [1.54, 1.807) is 60.5 Å². The van der Waals surface area contributed by atoms with E-state index in [1.807, 2.05) is 6.92 Å². The molecule has 2 heterocycles. The molecule has 5 rings (SSSR count). The van der Waals surface area contributed by atoms with E-state index in [0.29, 0.717) is 23.1 Å². The monoisotopic (exact) mass is 511 g/mol. The molecule has 1 fully saturated rings. The number of carbonyl (C=O) groups excluding carboxylic acids is 2. The number of carbonyl (C=O) groups is 2. The average molecular weight is 512 g/mol. The minimum Gasteiger partial charge on any atom is -0.314 e. The molecule has 7 nitrogen and oxygen atoms in total. The van der Waals surface area contributed by atoms with Crippen molar-refractivity contribution in [2.75, 3.05) is 29.9 Å². The van der Waals surface area contributed by atoms with Crippen molar-refractivity contribution >= 4 is 23.2 Å². The van der Waals surface area contributed by atoms with E-state index in [4.69, 9.17) is 0 Å². The molecule has 1 N–H and O–H groups in total. The summed E-state index contributed by atoms with van der Waals surface area (Å²) >= 11 is 0. The molecule has 0 radical (unpaired) electrons. The van der Waals surface area contributed by atoms with Crippen LogP contribution in [0.5, 0.6) is 0 Å². The molecule has 10 heteroatoms. The van der Waals surface area contributed by atoms with Crippen LogP contribution >= 0.6 is 0 Å². The number of aromatic nitrogens is 2. The topological polar surface area (TPSA) is 70.5 Å². The van der Waals surface area contributed by atoms with Crippen molar-refractivity contribution in [1.82, 2.24) is 15.1 Å². The van der Waals surface area contributed by atoms with Crippen molar-refractivity contribution in [3.63, 3.8) is 0 Å². The van der Waals surface area contributed by atoms with E-state index in [9.17, 15) is 22.8 Å². The summed E-state index contributed by atoms with van der Waals surface area (Å²) in [5.74, 6) is -0.619. The molecular weight excluding hydrogens is 483 g/mol. The number of amides is 2. The van der Waals surface area contributed by atoms with Gasteiger partial charge < -0.3 is 15.1 Å². The van der Waals surface area contributed by atoms with Crippen LogP contribution in [-0.2, 0) is 17.4 Å². The molecule has 1 aromatic heterocycles. The van der Waals surface area contributed by atoms with E-state index < -0.39 is 17.8 Å². The van der Waals surface area contributed by atoms with Crippen LogP contribution in [0.15, 0.2) is 48.5 Å². The first kappa shape index (κ1) is 25.0. The molecule has 0 unspecified atom stereocenters. The number of fused-ring (bicyclic) bond motifs is 1. The number of alkyl halides is 3. The first-order valence-corrected chi connectivity index (χ1v) is 12.3. The van der Waals surface area contributed by atoms with Gasteiger partial charge in [0.05, 0.1) is 12.2 Å². The first-order chi connectivity index (χ1) is 17.6. The van der Waals surface area contributed by atoms with Crippen LogP contribution < -0.4 is 15.1 Å². The van der Waals surface area contributed by atoms with Crippen LogP contribution in [-0.4, -0.2) is 47.8 Å². The molecule has 3 aromatic rings. The summed E-state index contributed by atoms with van der Waals surface area (Å²) in [7, 11) is 1.69. The summed E-state index contributed by atoms with van der Waals surface area (Å²) in [5.41, 5.74) is 1.34. The van der Waals surface area contributed by atoms with Crippen molar-refractivity contribution in [2.45, 2.75) is 44.8 Å². The number of nitrogens with one attached hydrogen (secondary N) is 1. The van der Waals surface area contributed by atoms with E-state index in [-0.39, 0.29) is 36.7 Å². The van der Waals surface area contributed by atoms with Crippen LogP contribution in [0.2, 0.25) is 0 Å². The summed E-state index contributed by atoms with van der Waals surface area (Å²) in [5, 5.41) is 7.08. The lowest BCUT2D eigenvalue weighted by atomic mass is 9.93. The number of hydrogen-bond acceptors (Lipinski definition) is 4. The quantitative estimate of drug-likeness (QED) is 0.529. The minimum absolute atomic E-state index is 0.0226. The molecule has 1 aliphatic heterocycles. The highest BCUT2D eigenvalue weighted by Crippen LogP contribution is 2.37. The fourth-order valence-corrected chi connectivity index (χ4v) is 4.67. The zero-order valence-electron chi connectivity index (χ0n) is 20.7. The second-order valence-corrected chi connectivity index (χ2v) is 9.61. The molecule has 0 saturated heterocycles. The molecule has 2 aromatic carbocycles. The zero-order valence-corrected chi connectivity index (χ0v) is 20.7. The van der Waals surface area contributed by atoms with Gasteiger partial charge in [-0.05, 0) is 62.6 Å². The Balaban J connectivity index is 1.40. The molecule has 0 spiro atoms. The second kappa shape index (κ2) is 9.66. The SMILES string of the molecule is Cc1ccc(-n2nc(C(F)(F)F)c3c2C(=O)N(c2ccc(N(C)C(=O)CNC4CCC4)cc2)CC3)cc1. The average Bonchev–Trinajstić information content (AvgIpc) is 3.25. The lowest BCUT2D eigenvalue weighted by Crippen LogP contribution is -2.43. The first-order valence-electron chi connectivity index (χ1n) is 12.3. The van der Waals surface area contributed by atoms with Gasteiger partial charge >= 0.3 is 6.18 Å². The Morgan fingerprint density at radius 1 is 1.08 bits per heavy atom. The van der Waals surface area contributed by atoms with Gasteiger partial charge in [0.1, 0.15) is 5.69 Å². The Labute approximate surface area is 212 Å². The minimum atomic E-state index is -4.67. The van der Waals surface area contributed by atoms with E-state index in [0.717, 1.165) is 23.1 Å². The van der Waals surface area contributed by atoms with Gasteiger partial charge in [0.2, 0.25) is 5.91 Å². The third-order valence-corrected chi connectivity index (χ3v) is 7.13. The van der Waals surface area contributed by atoms with Crippen molar-refractivity contribution in [3.05, 3.63) is 71.0 Å². The van der Waals surface area contributed by atoms with Gasteiger partial charge in [0.15, 0.2) is 5.69 Å². The summed E-state index contributed by atoms with van der Waals surface area (Å²) in [6, 6.07) is 14.1. The van der Waals surface area contributed by atoms with Crippen molar-refractivity contribution in [1.29, 1.82) is 0 Å². The number of halogens is 3. The van der Waals surface area contributed by atoms with Crippen molar-refractivity contribution < 1.29 is 22.8 Å². The maximum Gasteiger partial charge on any atom is 0.435 e. The summed E-state index contributed by atoms with van der Waals surface area (Å²) in [4.78, 5) is 29.1. The molecule has 1 saturated carbocycles. The smallest absolute Gasteiger partial charge is 0.314 e. The lowest BCUT2D eigenvalue weighted by molar-refractivity contribution is -0.142. The fourth-order valence-electron chi connectivity index (χ4n) is 4.67. The molecule has 0 atom stereocenters. The number of rotatable bonds is 6. The van der Waals surface area contributed by atoms with Crippen molar-refractivity contribution in [2.24, 2.45) is 0 Å². The predicted octanol–water partition coefficient (Wildman–Crippen LogP) is 4.51. The standard InChI is InChI=1S/C27H28F3N5O2/c1-17-6-8-21(9-7-17)35-24-22(25(32-35)27(28,29)30)14-15-34(26(24)37)20-12-10-19(11-13-20)33(2)23(36)16-31-18-4-3-5-18/h6-13,18,31H,3-5,14-16H2,1-2H3. The Morgan fingerprint density at radius 3 is 2.32 bits per heavy atom. The van der Waals surface area contributed by atoms with Gasteiger partial charge in [-0.25, -0.2) is 4.68 Å². The van der Waals surface area contributed by atoms with Gasteiger partial charge in [-0.1, -0.05) is 24.1 Å². The molecule has 2 aliphatic rings. The lowest BCUT2D eigenvalue weighted by Gasteiger charge is -2.29. The second-order valence-electron chi connectivity index (χ2n) is 9.61. The summed E-state index contributed by atoms with van der Waals surface area (Å²) in [6.45, 7) is 2.21. The van der Waals surface area contributed by atoms with Gasteiger partial charge in [-0.15, -0.1) is 0 Å². The predicted molar refractivity (Wildman–Crippen MR) is 134 cm³/mol. The maximum absolute atomic E-state index is 13.8. The van der Waals surface area contributed by atoms with Crippen LogP contribution in [0.3, 0.4) is 0 Å². The van der Waals surface area contributed by atoms with Crippen LogP contribution in [0, 0.1) is 6.92 Å². The normalized spacial score (nSPS) is 15.9. The van der Waals surface area contributed by atoms with Crippen LogP contribution in [0.4, 0.5) is 24.5 Å². The fraction of sp³-hybridized carbons (Fsp3) is 0.370. The maximum atomic E-state index is 13.8. The Hall–Kier alpha value is -3.66. The van der Waals surface area contributed by atoms with Crippen LogP contribution in [0.1, 0.15) is 46.6 Å². The third kappa shape index (κ3) is 4.85. The molecule has 1 aliphatic carbocycles. The number of nitrogens with zero attached hydrogens (tertiary/aromatic N) is 4. The molecule has 2 amide bonds. The zero-order chi connectivity index (χ0) is 26.3. The Bertz CT molecular complexity index is 1310. The summed E-state index contributed by atoms with van der Waals surface area (Å²) < 4.78 is 42.5. The Morgan fingerprint density at radius 2 is 1.73 bits per heavy atom. The van der Waals surface area contributed by atoms with Gasteiger partial charge in [-0.3, -0.25) is 9.59 Å². The molecule has 194 valence electrons. The Kier molecular flexibility index (Phi) is 6.53. The number of likely N-dealkylation sites (N-methyl/N-ethyl adjacent to an activating group) is 1. The van der Waals surface area contributed by atoms with Gasteiger partial charge in [-0.2, -0.15) is 18.3 Å². The number of benzene rings is 2. The largest absolute Gasteiger partial charge is 0.435 e. The highest BCUT2D eigenvalue weighted by Gasteiger charge is 2.43. The highest BCUT2D eigenvalue weighted by molar-refractivity contribution is 6.07. The summed E-state index contributed by atoms with van der Waals surface area (Å²) in [6.07, 6.45) is -1.29. The van der Waals surface area contributed by atoms with E-state index >= 15 is 0 Å². The molecule has 37 heavy (non-hydrogen) atoms. The van der Waals surface area contributed by atoms with Gasteiger partial charge in [0, 0.05) is 36.6 Å². The van der Waals surface area contributed by atoms with Crippen LogP contribution in [0.25, 0.3) is 5.69 Å². The number of anilines is 2. The number of hydrogen-bond donors (Lipinski definition) is 1. The number of aryl methyl sites for hydroxylation is 1. The highest BCUT2D eigenvalue weighted by atomic mass is 19.4. The molecule has 0 bridgehead atoms. The van der Waals surface area contributed by atoms with E-state index in [1.165, 1.54) is 11.3 Å². The van der Waals surface area contributed by atoms with Crippen molar-refractivity contribution in [3.8, 4) is 5.69 Å². The van der Waals surface area contributed by atoms with Gasteiger partial charge in [0.25, 0.3) is 5.91 Å².